The molecule has 1 N–H and O–H groups in total. The second-order valence-corrected chi connectivity index (χ2v) is 5.07. The zero-order valence-corrected chi connectivity index (χ0v) is 12.7. The van der Waals surface area contributed by atoms with E-state index in [1.54, 1.807) is 7.11 Å². The lowest BCUT2D eigenvalue weighted by Crippen LogP contribution is -2.37. The lowest BCUT2D eigenvalue weighted by molar-refractivity contribution is 0.0930. The number of aryl methyl sites for hydroxylation is 2. The smallest absolute Gasteiger partial charge is 0.251 e. The summed E-state index contributed by atoms with van der Waals surface area (Å²) in [6, 6.07) is 5.95. The molecule has 0 radical (unpaired) electrons. The van der Waals surface area contributed by atoms with Crippen LogP contribution in [-0.2, 0) is 4.74 Å². The Hall–Kier alpha value is -0.870. The van der Waals surface area contributed by atoms with Gasteiger partial charge in [0, 0.05) is 30.7 Å². The third-order valence-electron chi connectivity index (χ3n) is 2.82. The molecule has 1 atom stereocenters. The Morgan fingerprint density at radius 3 is 2.72 bits per heavy atom. The van der Waals surface area contributed by atoms with Gasteiger partial charge in [0.25, 0.3) is 5.91 Å². The number of hydrogen-bond donors (Lipinski definition) is 1. The lowest BCUT2D eigenvalue weighted by Gasteiger charge is -2.16. The first kappa shape index (κ1) is 15.2. The molecule has 0 spiro atoms. The molecule has 100 valence electrons. The molecule has 1 rings (SSSR count). The van der Waals surface area contributed by atoms with Crippen molar-refractivity contribution in [2.45, 2.75) is 26.3 Å². The number of alkyl halides is 1. The number of benzene rings is 1. The van der Waals surface area contributed by atoms with Gasteiger partial charge in [-0.3, -0.25) is 4.79 Å². The fourth-order valence-corrected chi connectivity index (χ4v) is 2.27. The number of hydrogen-bond acceptors (Lipinski definition) is 2. The Kier molecular flexibility index (Phi) is 6.36. The molecule has 3 nitrogen and oxygen atoms in total. The van der Waals surface area contributed by atoms with Crippen LogP contribution in [0.25, 0.3) is 0 Å². The molecular formula is C14H20BrNO2. The fraction of sp³-hybridized carbons (Fsp3) is 0.500. The number of rotatable bonds is 6. The molecule has 0 saturated carbocycles. The van der Waals surface area contributed by atoms with Crippen molar-refractivity contribution < 1.29 is 9.53 Å². The van der Waals surface area contributed by atoms with E-state index in [-0.39, 0.29) is 11.9 Å². The van der Waals surface area contributed by atoms with Crippen LogP contribution in [0.4, 0.5) is 0 Å². The maximum atomic E-state index is 12.1. The molecule has 0 saturated heterocycles. The van der Waals surface area contributed by atoms with Crippen molar-refractivity contribution in [2.24, 2.45) is 0 Å². The first-order chi connectivity index (χ1) is 8.58. The van der Waals surface area contributed by atoms with Gasteiger partial charge in [-0.05, 0) is 31.9 Å². The van der Waals surface area contributed by atoms with Crippen molar-refractivity contribution in [2.75, 3.05) is 19.0 Å². The highest BCUT2D eigenvalue weighted by atomic mass is 79.9. The molecule has 0 bridgehead atoms. The number of carbonyl (C=O) groups is 1. The summed E-state index contributed by atoms with van der Waals surface area (Å²) in [5.41, 5.74) is 2.91. The van der Waals surface area contributed by atoms with Crippen molar-refractivity contribution in [1.29, 1.82) is 0 Å². The Morgan fingerprint density at radius 1 is 1.44 bits per heavy atom. The van der Waals surface area contributed by atoms with Crippen LogP contribution < -0.4 is 5.32 Å². The minimum atomic E-state index is -0.0203. The van der Waals surface area contributed by atoms with E-state index in [0.29, 0.717) is 6.61 Å². The average molecular weight is 314 g/mol. The van der Waals surface area contributed by atoms with E-state index in [9.17, 15) is 4.79 Å². The average Bonchev–Trinajstić information content (AvgIpc) is 2.34. The van der Waals surface area contributed by atoms with E-state index < -0.39 is 0 Å². The van der Waals surface area contributed by atoms with Crippen molar-refractivity contribution in [3.8, 4) is 0 Å². The van der Waals surface area contributed by atoms with Gasteiger partial charge in [0.15, 0.2) is 0 Å². The van der Waals surface area contributed by atoms with Crippen molar-refractivity contribution >= 4 is 21.8 Å². The van der Waals surface area contributed by atoms with Crippen molar-refractivity contribution in [3.05, 3.63) is 34.9 Å². The first-order valence-corrected chi connectivity index (χ1v) is 7.13. The molecule has 0 aromatic heterocycles. The van der Waals surface area contributed by atoms with Crippen LogP contribution in [0, 0.1) is 13.8 Å². The van der Waals surface area contributed by atoms with Crippen LogP contribution in [0.15, 0.2) is 18.2 Å². The van der Waals surface area contributed by atoms with Gasteiger partial charge in [-0.2, -0.15) is 0 Å². The molecule has 0 fully saturated rings. The largest absolute Gasteiger partial charge is 0.385 e. The molecule has 0 heterocycles. The van der Waals surface area contributed by atoms with E-state index >= 15 is 0 Å². The Morgan fingerprint density at radius 2 is 2.17 bits per heavy atom. The number of methoxy groups -OCH3 is 1. The monoisotopic (exact) mass is 313 g/mol. The molecule has 4 heteroatoms. The molecular weight excluding hydrogens is 294 g/mol. The van der Waals surface area contributed by atoms with Crippen LogP contribution in [0.3, 0.4) is 0 Å². The van der Waals surface area contributed by atoms with Crippen molar-refractivity contribution in [3.63, 3.8) is 0 Å². The van der Waals surface area contributed by atoms with Gasteiger partial charge in [-0.25, -0.2) is 0 Å². The van der Waals surface area contributed by atoms with E-state index in [2.05, 4.69) is 21.2 Å². The Bertz CT molecular complexity index is 407. The molecule has 1 aromatic carbocycles. The minimum Gasteiger partial charge on any atom is -0.385 e. The molecule has 0 aliphatic heterocycles. The first-order valence-electron chi connectivity index (χ1n) is 6.01. The van der Waals surface area contributed by atoms with Gasteiger partial charge in [-0.15, -0.1) is 0 Å². The fourth-order valence-electron chi connectivity index (χ4n) is 1.78. The lowest BCUT2D eigenvalue weighted by atomic mass is 10.0. The third kappa shape index (κ3) is 4.42. The van der Waals surface area contributed by atoms with Crippen LogP contribution in [0.2, 0.25) is 0 Å². The summed E-state index contributed by atoms with van der Waals surface area (Å²) in [5, 5.41) is 3.74. The van der Waals surface area contributed by atoms with Gasteiger partial charge in [0.2, 0.25) is 0 Å². The van der Waals surface area contributed by atoms with Crippen LogP contribution >= 0.6 is 15.9 Å². The predicted octanol–water partition coefficient (Wildman–Crippen LogP) is 2.83. The Balaban J connectivity index is 2.68. The van der Waals surface area contributed by atoms with Gasteiger partial charge >= 0.3 is 0 Å². The molecule has 0 aliphatic carbocycles. The van der Waals surface area contributed by atoms with Crippen LogP contribution in [0.5, 0.6) is 0 Å². The number of halogens is 1. The van der Waals surface area contributed by atoms with Gasteiger partial charge < -0.3 is 10.1 Å². The van der Waals surface area contributed by atoms with E-state index in [4.69, 9.17) is 4.74 Å². The molecule has 1 aromatic rings. The Labute approximate surface area is 117 Å². The van der Waals surface area contributed by atoms with Crippen LogP contribution in [-0.4, -0.2) is 31.0 Å². The molecule has 18 heavy (non-hydrogen) atoms. The van der Waals surface area contributed by atoms with E-state index in [1.807, 2.05) is 32.0 Å². The molecule has 1 amide bonds. The maximum Gasteiger partial charge on any atom is 0.251 e. The zero-order valence-electron chi connectivity index (χ0n) is 11.1. The summed E-state index contributed by atoms with van der Waals surface area (Å²) in [7, 11) is 1.66. The summed E-state index contributed by atoms with van der Waals surface area (Å²) in [4.78, 5) is 12.1. The number of amides is 1. The summed E-state index contributed by atoms with van der Waals surface area (Å²) < 4.78 is 5.03. The van der Waals surface area contributed by atoms with Gasteiger partial charge in [-0.1, -0.05) is 33.6 Å². The zero-order chi connectivity index (χ0) is 13.5. The maximum absolute atomic E-state index is 12.1. The van der Waals surface area contributed by atoms with Gasteiger partial charge in [0.1, 0.15) is 0 Å². The normalized spacial score (nSPS) is 12.2. The second-order valence-electron chi connectivity index (χ2n) is 4.42. The summed E-state index contributed by atoms with van der Waals surface area (Å²) in [6.45, 7) is 4.62. The highest BCUT2D eigenvalue weighted by Crippen LogP contribution is 2.11. The quantitative estimate of drug-likeness (QED) is 0.820. The van der Waals surface area contributed by atoms with E-state index in [1.165, 1.54) is 5.56 Å². The summed E-state index contributed by atoms with van der Waals surface area (Å²) in [5.74, 6) is -0.0203. The van der Waals surface area contributed by atoms with Gasteiger partial charge in [0.05, 0.1) is 0 Å². The predicted molar refractivity (Wildman–Crippen MR) is 77.5 cm³/mol. The third-order valence-corrected chi connectivity index (χ3v) is 3.60. The SMILES string of the molecule is COCCC(CBr)NC(=O)c1ccc(C)cc1C. The summed E-state index contributed by atoms with van der Waals surface area (Å²) >= 11 is 3.41. The summed E-state index contributed by atoms with van der Waals surface area (Å²) in [6.07, 6.45) is 0.804. The topological polar surface area (TPSA) is 38.3 Å². The highest BCUT2D eigenvalue weighted by Gasteiger charge is 2.14. The highest BCUT2D eigenvalue weighted by molar-refractivity contribution is 9.09. The molecule has 0 aliphatic rings. The number of nitrogens with one attached hydrogen (secondary N) is 1. The number of carbonyl (C=O) groups excluding carboxylic acids is 1. The van der Waals surface area contributed by atoms with Crippen LogP contribution in [0.1, 0.15) is 27.9 Å². The standard InChI is InChI=1S/C14H20BrNO2/c1-10-4-5-13(11(2)8-10)14(17)16-12(9-15)6-7-18-3/h4-5,8,12H,6-7,9H2,1-3H3,(H,16,17). The van der Waals surface area contributed by atoms with Crippen molar-refractivity contribution in [1.82, 2.24) is 5.32 Å². The minimum absolute atomic E-state index is 0.0203. The number of ether oxygens (including phenoxy) is 1. The van der Waals surface area contributed by atoms with E-state index in [0.717, 1.165) is 22.9 Å². The molecule has 1 unspecified atom stereocenters. The second kappa shape index (κ2) is 7.54.